The smallest absolute Gasteiger partial charge is 0.238 e. The average Bonchev–Trinajstić information content (AvgIpc) is 3.02. The Bertz CT molecular complexity index is 315. The third-order valence-corrected chi connectivity index (χ3v) is 4.96. The molecule has 3 rings (SSSR count). The molecule has 4 nitrogen and oxygen atoms in total. The summed E-state index contributed by atoms with van der Waals surface area (Å²) in [5, 5.41) is 3.47. The maximum absolute atomic E-state index is 11.8. The van der Waals surface area contributed by atoms with E-state index >= 15 is 0 Å². The Morgan fingerprint density at radius 3 is 2.82 bits per heavy atom. The van der Waals surface area contributed by atoms with Gasteiger partial charge in [0.15, 0.2) is 0 Å². The summed E-state index contributed by atoms with van der Waals surface area (Å²) in [5.74, 6) is 1.03. The molecule has 2 aliphatic carbocycles. The van der Waals surface area contributed by atoms with Gasteiger partial charge in [-0.05, 0) is 43.9 Å². The first-order chi connectivity index (χ1) is 8.21. The van der Waals surface area contributed by atoms with E-state index in [0.29, 0.717) is 11.8 Å². The standard InChI is InChI=1S/C13H22N2O2/c14-12(16)13(7-9-3-4-10(13)6-9)15-8-11-2-1-5-17-11/h9-11,15H,1-8H2,(H2,14,16). The van der Waals surface area contributed by atoms with Crippen LogP contribution >= 0.6 is 0 Å². The minimum Gasteiger partial charge on any atom is -0.377 e. The molecule has 1 saturated heterocycles. The van der Waals surface area contributed by atoms with Gasteiger partial charge in [-0.2, -0.15) is 0 Å². The van der Waals surface area contributed by atoms with Crippen molar-refractivity contribution in [2.24, 2.45) is 17.6 Å². The zero-order valence-corrected chi connectivity index (χ0v) is 10.3. The van der Waals surface area contributed by atoms with Crippen molar-refractivity contribution in [1.29, 1.82) is 0 Å². The fourth-order valence-electron chi connectivity index (χ4n) is 4.04. The molecule has 2 saturated carbocycles. The first-order valence-corrected chi connectivity index (χ1v) is 6.87. The number of hydrogen-bond acceptors (Lipinski definition) is 3. The fourth-order valence-corrected chi connectivity index (χ4v) is 4.04. The number of carbonyl (C=O) groups excluding carboxylic acids is 1. The van der Waals surface area contributed by atoms with Gasteiger partial charge in [-0.25, -0.2) is 0 Å². The Morgan fingerprint density at radius 1 is 1.41 bits per heavy atom. The number of hydrogen-bond donors (Lipinski definition) is 2. The van der Waals surface area contributed by atoms with Crippen molar-refractivity contribution in [1.82, 2.24) is 5.32 Å². The van der Waals surface area contributed by atoms with Crippen LogP contribution in [0.25, 0.3) is 0 Å². The van der Waals surface area contributed by atoms with Crippen LogP contribution in [-0.4, -0.2) is 30.7 Å². The van der Waals surface area contributed by atoms with E-state index in [9.17, 15) is 4.79 Å². The highest BCUT2D eigenvalue weighted by Gasteiger charge is 2.54. The third-order valence-electron chi connectivity index (χ3n) is 4.96. The van der Waals surface area contributed by atoms with Crippen molar-refractivity contribution in [2.45, 2.75) is 50.2 Å². The number of ether oxygens (including phenoxy) is 1. The summed E-state index contributed by atoms with van der Waals surface area (Å²) in [6.07, 6.45) is 7.09. The van der Waals surface area contributed by atoms with E-state index in [4.69, 9.17) is 10.5 Å². The van der Waals surface area contributed by atoms with Gasteiger partial charge in [0.05, 0.1) is 6.10 Å². The molecule has 4 unspecified atom stereocenters. The lowest BCUT2D eigenvalue weighted by molar-refractivity contribution is -0.126. The van der Waals surface area contributed by atoms with Crippen molar-refractivity contribution in [3.63, 3.8) is 0 Å². The molecule has 96 valence electrons. The van der Waals surface area contributed by atoms with E-state index in [0.717, 1.165) is 38.8 Å². The molecule has 1 amide bonds. The van der Waals surface area contributed by atoms with Crippen LogP contribution in [0.15, 0.2) is 0 Å². The molecule has 0 aromatic carbocycles. The molecule has 0 aromatic rings. The van der Waals surface area contributed by atoms with Gasteiger partial charge < -0.3 is 15.8 Å². The molecule has 1 aliphatic heterocycles. The van der Waals surface area contributed by atoms with Crippen LogP contribution in [0.5, 0.6) is 0 Å². The van der Waals surface area contributed by atoms with Crippen molar-refractivity contribution in [3.05, 3.63) is 0 Å². The van der Waals surface area contributed by atoms with Crippen LogP contribution in [-0.2, 0) is 9.53 Å². The molecular weight excluding hydrogens is 216 g/mol. The number of carbonyl (C=O) groups is 1. The fraction of sp³-hybridized carbons (Fsp3) is 0.923. The highest BCUT2D eigenvalue weighted by atomic mass is 16.5. The number of amides is 1. The predicted octanol–water partition coefficient (Wildman–Crippen LogP) is 0.799. The number of rotatable bonds is 4. The molecule has 4 heteroatoms. The van der Waals surface area contributed by atoms with Crippen LogP contribution < -0.4 is 11.1 Å². The zero-order chi connectivity index (χ0) is 11.9. The van der Waals surface area contributed by atoms with Gasteiger partial charge in [0.25, 0.3) is 0 Å². The lowest BCUT2D eigenvalue weighted by Gasteiger charge is -2.36. The van der Waals surface area contributed by atoms with Crippen molar-refractivity contribution in [3.8, 4) is 0 Å². The number of nitrogens with one attached hydrogen (secondary N) is 1. The summed E-state index contributed by atoms with van der Waals surface area (Å²) < 4.78 is 5.60. The molecule has 17 heavy (non-hydrogen) atoms. The zero-order valence-electron chi connectivity index (χ0n) is 10.3. The monoisotopic (exact) mass is 238 g/mol. The van der Waals surface area contributed by atoms with Gasteiger partial charge >= 0.3 is 0 Å². The van der Waals surface area contributed by atoms with Crippen molar-refractivity contribution < 1.29 is 9.53 Å². The molecule has 0 aromatic heterocycles. The first-order valence-electron chi connectivity index (χ1n) is 6.87. The summed E-state index contributed by atoms with van der Waals surface area (Å²) in [5.41, 5.74) is 5.24. The Labute approximate surface area is 102 Å². The Morgan fingerprint density at radius 2 is 2.29 bits per heavy atom. The topological polar surface area (TPSA) is 64.4 Å². The normalized spacial score (nSPS) is 44.4. The van der Waals surface area contributed by atoms with Gasteiger partial charge in [0.2, 0.25) is 5.91 Å². The van der Waals surface area contributed by atoms with Gasteiger partial charge in [-0.3, -0.25) is 4.79 Å². The average molecular weight is 238 g/mol. The maximum Gasteiger partial charge on any atom is 0.238 e. The highest BCUT2D eigenvalue weighted by molar-refractivity contribution is 5.85. The van der Waals surface area contributed by atoms with Crippen molar-refractivity contribution in [2.75, 3.05) is 13.2 Å². The molecule has 0 spiro atoms. The van der Waals surface area contributed by atoms with Crippen LogP contribution in [0.4, 0.5) is 0 Å². The summed E-state index contributed by atoms with van der Waals surface area (Å²) in [7, 11) is 0. The summed E-state index contributed by atoms with van der Waals surface area (Å²) in [6, 6.07) is 0. The predicted molar refractivity (Wildman–Crippen MR) is 64.4 cm³/mol. The van der Waals surface area contributed by atoms with E-state index in [1.165, 1.54) is 12.8 Å². The molecule has 4 atom stereocenters. The Kier molecular flexibility index (Phi) is 2.87. The molecule has 2 bridgehead atoms. The Balaban J connectivity index is 1.66. The molecule has 3 aliphatic rings. The molecule has 1 heterocycles. The molecule has 3 fully saturated rings. The number of primary amides is 1. The second kappa shape index (κ2) is 4.25. The lowest BCUT2D eigenvalue weighted by atomic mass is 9.80. The highest BCUT2D eigenvalue weighted by Crippen LogP contribution is 2.50. The lowest BCUT2D eigenvalue weighted by Crippen LogP contribution is -2.60. The largest absolute Gasteiger partial charge is 0.377 e. The van der Waals surface area contributed by atoms with Crippen molar-refractivity contribution >= 4 is 5.91 Å². The summed E-state index contributed by atoms with van der Waals surface area (Å²) in [6.45, 7) is 1.65. The van der Waals surface area contributed by atoms with Crippen LogP contribution in [0, 0.1) is 11.8 Å². The second-order valence-corrected chi connectivity index (χ2v) is 5.93. The first kappa shape index (κ1) is 11.5. The van der Waals surface area contributed by atoms with Gasteiger partial charge in [0, 0.05) is 13.2 Å². The van der Waals surface area contributed by atoms with Gasteiger partial charge in [-0.1, -0.05) is 6.42 Å². The van der Waals surface area contributed by atoms with E-state index in [-0.39, 0.29) is 12.0 Å². The molecule has 0 radical (unpaired) electrons. The minimum atomic E-state index is -0.422. The Hall–Kier alpha value is -0.610. The van der Waals surface area contributed by atoms with Crippen LogP contribution in [0.1, 0.15) is 38.5 Å². The second-order valence-electron chi connectivity index (χ2n) is 5.93. The third kappa shape index (κ3) is 1.87. The number of fused-ring (bicyclic) bond motifs is 2. The summed E-state index contributed by atoms with van der Waals surface area (Å²) in [4.78, 5) is 11.8. The van der Waals surface area contributed by atoms with E-state index in [2.05, 4.69) is 5.32 Å². The quantitative estimate of drug-likeness (QED) is 0.761. The van der Waals surface area contributed by atoms with Gasteiger partial charge in [-0.15, -0.1) is 0 Å². The van der Waals surface area contributed by atoms with Gasteiger partial charge in [0.1, 0.15) is 5.54 Å². The minimum absolute atomic E-state index is 0.150. The van der Waals surface area contributed by atoms with E-state index in [1.807, 2.05) is 0 Å². The molecule has 3 N–H and O–H groups in total. The molecular formula is C13H22N2O2. The van der Waals surface area contributed by atoms with E-state index < -0.39 is 5.54 Å². The summed E-state index contributed by atoms with van der Waals surface area (Å²) >= 11 is 0. The van der Waals surface area contributed by atoms with Crippen LogP contribution in [0.3, 0.4) is 0 Å². The van der Waals surface area contributed by atoms with E-state index in [1.54, 1.807) is 0 Å². The number of nitrogens with two attached hydrogens (primary N) is 1. The maximum atomic E-state index is 11.8. The van der Waals surface area contributed by atoms with Crippen LogP contribution in [0.2, 0.25) is 0 Å². The SMILES string of the molecule is NC(=O)C1(NCC2CCCO2)CC2CCC1C2.